The highest BCUT2D eigenvalue weighted by molar-refractivity contribution is 5.27. The van der Waals surface area contributed by atoms with Crippen LogP contribution in [0, 0.1) is 11.3 Å². The number of hydrogen-bond donors (Lipinski definition) is 0. The molecule has 0 atom stereocenters. The summed E-state index contributed by atoms with van der Waals surface area (Å²) in [7, 11) is 1.96. The van der Waals surface area contributed by atoms with Gasteiger partial charge in [-0.2, -0.15) is 5.26 Å². The molecule has 0 unspecified atom stereocenters. The lowest BCUT2D eigenvalue weighted by Gasteiger charge is -2.13. The maximum Gasteiger partial charge on any atom is 0.119 e. The van der Waals surface area contributed by atoms with Gasteiger partial charge in [0.25, 0.3) is 0 Å². The molecule has 0 bridgehead atoms. The van der Waals surface area contributed by atoms with Crippen molar-refractivity contribution in [2.24, 2.45) is 0 Å². The van der Waals surface area contributed by atoms with E-state index in [0.29, 0.717) is 6.54 Å². The van der Waals surface area contributed by atoms with E-state index in [1.165, 1.54) is 5.56 Å². The first-order valence-corrected chi connectivity index (χ1v) is 5.93. The number of hydrogen-bond acceptors (Lipinski definition) is 3. The fraction of sp³-hybridized carbons (Fsp3) is 0.500. The first-order valence-electron chi connectivity index (χ1n) is 5.93. The van der Waals surface area contributed by atoms with Crippen molar-refractivity contribution in [3.63, 3.8) is 0 Å². The van der Waals surface area contributed by atoms with Crippen LogP contribution < -0.4 is 4.74 Å². The van der Waals surface area contributed by atoms with E-state index in [-0.39, 0.29) is 6.10 Å². The fourth-order valence-electron chi connectivity index (χ4n) is 1.53. The van der Waals surface area contributed by atoms with Crippen LogP contribution in [0.25, 0.3) is 0 Å². The van der Waals surface area contributed by atoms with Gasteiger partial charge >= 0.3 is 0 Å². The molecule has 0 spiro atoms. The Bertz CT molecular complexity index is 365. The molecule has 17 heavy (non-hydrogen) atoms. The smallest absolute Gasteiger partial charge is 0.119 e. The maximum absolute atomic E-state index is 8.55. The molecule has 0 saturated heterocycles. The van der Waals surface area contributed by atoms with E-state index in [1.54, 1.807) is 0 Å². The second-order valence-corrected chi connectivity index (χ2v) is 4.46. The number of nitriles is 1. The largest absolute Gasteiger partial charge is 0.491 e. The van der Waals surface area contributed by atoms with Crippen molar-refractivity contribution in [1.29, 1.82) is 5.26 Å². The third-order valence-corrected chi connectivity index (χ3v) is 2.42. The van der Waals surface area contributed by atoms with Crippen LogP contribution in [0.5, 0.6) is 5.75 Å². The molecule has 1 aromatic carbocycles. The SMILES string of the molecule is CC(C)Oc1ccc(CCN(C)CC#N)cc1. The lowest BCUT2D eigenvalue weighted by atomic mass is 10.1. The Balaban J connectivity index is 2.43. The minimum absolute atomic E-state index is 0.211. The predicted molar refractivity (Wildman–Crippen MR) is 69.0 cm³/mol. The second-order valence-electron chi connectivity index (χ2n) is 4.46. The van der Waals surface area contributed by atoms with E-state index in [4.69, 9.17) is 10.00 Å². The first-order chi connectivity index (χ1) is 8.11. The van der Waals surface area contributed by atoms with Gasteiger partial charge < -0.3 is 4.74 Å². The van der Waals surface area contributed by atoms with E-state index in [0.717, 1.165) is 18.7 Å². The monoisotopic (exact) mass is 232 g/mol. The van der Waals surface area contributed by atoms with Crippen molar-refractivity contribution in [3.05, 3.63) is 29.8 Å². The zero-order valence-corrected chi connectivity index (χ0v) is 10.8. The van der Waals surface area contributed by atoms with Crippen molar-refractivity contribution in [3.8, 4) is 11.8 Å². The lowest BCUT2D eigenvalue weighted by Crippen LogP contribution is -2.21. The lowest BCUT2D eigenvalue weighted by molar-refractivity contribution is 0.242. The molecule has 0 N–H and O–H groups in total. The fourth-order valence-corrected chi connectivity index (χ4v) is 1.53. The van der Waals surface area contributed by atoms with Crippen molar-refractivity contribution in [1.82, 2.24) is 4.90 Å². The van der Waals surface area contributed by atoms with Crippen LogP contribution in [0.1, 0.15) is 19.4 Å². The Morgan fingerprint density at radius 1 is 1.29 bits per heavy atom. The van der Waals surface area contributed by atoms with Crippen molar-refractivity contribution >= 4 is 0 Å². The minimum atomic E-state index is 0.211. The second kappa shape index (κ2) is 6.93. The minimum Gasteiger partial charge on any atom is -0.491 e. The zero-order chi connectivity index (χ0) is 12.7. The molecule has 0 aliphatic heterocycles. The summed E-state index contributed by atoms with van der Waals surface area (Å²) in [5, 5.41) is 8.55. The molecule has 0 amide bonds. The number of benzene rings is 1. The number of likely N-dealkylation sites (N-methyl/N-ethyl adjacent to an activating group) is 1. The van der Waals surface area contributed by atoms with E-state index >= 15 is 0 Å². The summed E-state index contributed by atoms with van der Waals surface area (Å²) in [6.07, 6.45) is 1.17. The van der Waals surface area contributed by atoms with Gasteiger partial charge in [-0.3, -0.25) is 4.90 Å². The van der Waals surface area contributed by atoms with Gasteiger partial charge in [0.2, 0.25) is 0 Å². The molecule has 3 nitrogen and oxygen atoms in total. The van der Waals surface area contributed by atoms with Crippen LogP contribution in [0.2, 0.25) is 0 Å². The number of nitrogens with zero attached hydrogens (tertiary/aromatic N) is 2. The Morgan fingerprint density at radius 2 is 1.94 bits per heavy atom. The average Bonchev–Trinajstić information content (AvgIpc) is 2.28. The highest BCUT2D eigenvalue weighted by Gasteiger charge is 2.00. The highest BCUT2D eigenvalue weighted by atomic mass is 16.5. The number of ether oxygens (including phenoxy) is 1. The van der Waals surface area contributed by atoms with E-state index in [1.807, 2.05) is 37.9 Å². The Morgan fingerprint density at radius 3 is 2.47 bits per heavy atom. The Labute approximate surface area is 104 Å². The molecule has 0 aromatic heterocycles. The Kier molecular flexibility index (Phi) is 5.51. The highest BCUT2D eigenvalue weighted by Crippen LogP contribution is 2.14. The van der Waals surface area contributed by atoms with Crippen LogP contribution in [0.3, 0.4) is 0 Å². The molecule has 1 aromatic rings. The third kappa shape index (κ3) is 5.37. The van der Waals surface area contributed by atoms with Gasteiger partial charge in [-0.05, 0) is 45.0 Å². The Hall–Kier alpha value is -1.53. The molecule has 0 saturated carbocycles. The molecule has 92 valence electrons. The molecule has 0 aliphatic carbocycles. The van der Waals surface area contributed by atoms with E-state index < -0.39 is 0 Å². The predicted octanol–water partition coefficient (Wildman–Crippen LogP) is 2.47. The number of rotatable bonds is 6. The van der Waals surface area contributed by atoms with E-state index in [9.17, 15) is 0 Å². The summed E-state index contributed by atoms with van der Waals surface area (Å²) in [5.41, 5.74) is 1.27. The van der Waals surface area contributed by atoms with Crippen molar-refractivity contribution in [2.45, 2.75) is 26.4 Å². The summed E-state index contributed by atoms with van der Waals surface area (Å²) in [4.78, 5) is 2.01. The molecule has 3 heteroatoms. The summed E-state index contributed by atoms with van der Waals surface area (Å²) < 4.78 is 5.58. The molecular weight excluding hydrogens is 212 g/mol. The topological polar surface area (TPSA) is 36.3 Å². The molecule has 0 radical (unpaired) electrons. The summed E-state index contributed by atoms with van der Waals surface area (Å²) >= 11 is 0. The maximum atomic E-state index is 8.55. The third-order valence-electron chi connectivity index (χ3n) is 2.42. The van der Waals surface area contributed by atoms with Crippen LogP contribution in [0.15, 0.2) is 24.3 Å². The summed E-state index contributed by atoms with van der Waals surface area (Å²) in [5.74, 6) is 0.911. The quantitative estimate of drug-likeness (QED) is 0.707. The normalized spacial score (nSPS) is 10.6. The molecule has 1 rings (SSSR count). The van der Waals surface area contributed by atoms with Gasteiger partial charge in [-0.25, -0.2) is 0 Å². The van der Waals surface area contributed by atoms with E-state index in [2.05, 4.69) is 18.2 Å². The zero-order valence-electron chi connectivity index (χ0n) is 10.8. The standard InChI is InChI=1S/C14H20N2O/c1-12(2)17-14-6-4-13(5-7-14)8-10-16(3)11-9-15/h4-7,12H,8,10-11H2,1-3H3. The van der Waals surface area contributed by atoms with Crippen LogP contribution in [-0.4, -0.2) is 31.1 Å². The van der Waals surface area contributed by atoms with Gasteiger partial charge in [-0.1, -0.05) is 12.1 Å². The summed E-state index contributed by atoms with van der Waals surface area (Å²) in [6.45, 7) is 5.42. The first kappa shape index (κ1) is 13.5. The van der Waals surface area contributed by atoms with Crippen LogP contribution >= 0.6 is 0 Å². The van der Waals surface area contributed by atoms with Gasteiger partial charge in [-0.15, -0.1) is 0 Å². The van der Waals surface area contributed by atoms with Gasteiger partial charge in [0.05, 0.1) is 18.7 Å². The van der Waals surface area contributed by atoms with Crippen LogP contribution in [0.4, 0.5) is 0 Å². The van der Waals surface area contributed by atoms with Gasteiger partial charge in [0.1, 0.15) is 5.75 Å². The van der Waals surface area contributed by atoms with Gasteiger partial charge in [0, 0.05) is 6.54 Å². The molecule has 0 fully saturated rings. The average molecular weight is 232 g/mol. The van der Waals surface area contributed by atoms with Crippen molar-refractivity contribution in [2.75, 3.05) is 20.1 Å². The molecule has 0 aliphatic rings. The summed E-state index contributed by atoms with van der Waals surface area (Å²) in [6, 6.07) is 10.3. The van der Waals surface area contributed by atoms with Gasteiger partial charge in [0.15, 0.2) is 0 Å². The molecule has 0 heterocycles. The molecular formula is C14H20N2O. The van der Waals surface area contributed by atoms with Crippen molar-refractivity contribution < 1.29 is 4.74 Å². The van der Waals surface area contributed by atoms with Crippen LogP contribution in [-0.2, 0) is 6.42 Å².